The summed E-state index contributed by atoms with van der Waals surface area (Å²) in [7, 11) is 0. The van der Waals surface area contributed by atoms with Gasteiger partial charge >= 0.3 is 0 Å². The molecule has 1 aliphatic rings. The summed E-state index contributed by atoms with van der Waals surface area (Å²) in [6.45, 7) is 7.21. The van der Waals surface area contributed by atoms with Gasteiger partial charge in [-0.2, -0.15) is 0 Å². The molecule has 0 spiro atoms. The van der Waals surface area contributed by atoms with Gasteiger partial charge < -0.3 is 20.1 Å². The molecule has 0 aromatic rings. The fourth-order valence-electron chi connectivity index (χ4n) is 2.95. The summed E-state index contributed by atoms with van der Waals surface area (Å²) >= 11 is 0. The van der Waals surface area contributed by atoms with E-state index in [0.717, 1.165) is 25.7 Å². The molecule has 1 aliphatic carbocycles. The highest BCUT2D eigenvalue weighted by atomic mass is 16.5. The van der Waals surface area contributed by atoms with Crippen LogP contribution in [0.4, 0.5) is 0 Å². The average molecular weight is 375 g/mol. The van der Waals surface area contributed by atoms with Gasteiger partial charge in [0.25, 0.3) is 0 Å². The summed E-state index contributed by atoms with van der Waals surface area (Å²) < 4.78 is 10.6. The van der Waals surface area contributed by atoms with Crippen LogP contribution in [0.25, 0.3) is 0 Å². The van der Waals surface area contributed by atoms with Crippen molar-refractivity contribution in [1.82, 2.24) is 10.6 Å². The summed E-state index contributed by atoms with van der Waals surface area (Å²) in [6, 6.07) is 0.146. The molecule has 26 heavy (non-hydrogen) atoms. The van der Waals surface area contributed by atoms with Crippen LogP contribution in [-0.2, 0) is 23.9 Å². The molecular weight excluding hydrogens is 336 g/mol. The molecule has 0 radical (unpaired) electrons. The number of nitrogens with one attached hydrogen (secondary N) is 2. The van der Waals surface area contributed by atoms with E-state index in [1.807, 2.05) is 20.8 Å². The van der Waals surface area contributed by atoms with Crippen LogP contribution >= 0.6 is 0 Å². The highest BCUT2D eigenvalue weighted by molar-refractivity contribution is 5.81. The molecule has 0 unspecified atom stereocenters. The van der Waals surface area contributed by atoms with Crippen LogP contribution in [0.5, 0.6) is 0 Å². The quantitative estimate of drug-likeness (QED) is 0.509. The van der Waals surface area contributed by atoms with Crippen molar-refractivity contribution in [1.29, 1.82) is 0 Å². The molecule has 7 nitrogen and oxygen atoms in total. The molecular formula is C19H38N2O5. The number of amides is 2. The van der Waals surface area contributed by atoms with Crippen LogP contribution in [0.2, 0.25) is 0 Å². The van der Waals surface area contributed by atoms with Crippen LogP contribution < -0.4 is 10.6 Å². The first-order chi connectivity index (χ1) is 12.4. The lowest BCUT2D eigenvalue weighted by molar-refractivity contribution is -0.128. The minimum atomic E-state index is -0.125. The van der Waals surface area contributed by atoms with Gasteiger partial charge in [0.15, 0.2) is 0 Å². The molecule has 1 rings (SSSR count). The molecule has 7 heteroatoms. The number of Topliss-reactive ketones (excluding diaryl/α,β-unsaturated/α-hetero) is 1. The summed E-state index contributed by atoms with van der Waals surface area (Å²) in [5.41, 5.74) is 0. The van der Waals surface area contributed by atoms with Crippen LogP contribution in [0.15, 0.2) is 0 Å². The maximum absolute atomic E-state index is 11.9. The summed E-state index contributed by atoms with van der Waals surface area (Å²) in [6.07, 6.45) is 4.03. The first-order valence-electron chi connectivity index (χ1n) is 9.69. The number of ketones is 1. The Bertz CT molecular complexity index is 456. The molecule has 0 aromatic carbocycles. The molecule has 0 saturated heterocycles. The van der Waals surface area contributed by atoms with Crippen molar-refractivity contribution in [3.05, 3.63) is 0 Å². The van der Waals surface area contributed by atoms with Gasteiger partial charge in [0.05, 0.1) is 19.8 Å². The Morgan fingerprint density at radius 2 is 1.69 bits per heavy atom. The van der Waals surface area contributed by atoms with Crippen molar-refractivity contribution in [2.24, 2.45) is 11.8 Å². The van der Waals surface area contributed by atoms with E-state index in [9.17, 15) is 14.4 Å². The van der Waals surface area contributed by atoms with E-state index >= 15 is 0 Å². The Morgan fingerprint density at radius 1 is 1.04 bits per heavy atom. The van der Waals surface area contributed by atoms with Crippen molar-refractivity contribution in [3.63, 3.8) is 0 Å². The second-order valence-corrected chi connectivity index (χ2v) is 7.05. The van der Waals surface area contributed by atoms with Gasteiger partial charge in [-0.25, -0.2) is 0 Å². The highest BCUT2D eigenvalue weighted by Gasteiger charge is 2.25. The number of carbonyl (C=O) groups excluding carboxylic acids is 3. The van der Waals surface area contributed by atoms with Crippen molar-refractivity contribution in [2.45, 2.75) is 58.9 Å². The monoisotopic (exact) mass is 374 g/mol. The molecule has 0 aliphatic heterocycles. The van der Waals surface area contributed by atoms with Crippen LogP contribution in [0.3, 0.4) is 0 Å². The second-order valence-electron chi connectivity index (χ2n) is 7.05. The SMILES string of the molecule is CCC(=O)C1CCC(NC(=O)COCCOCCNC(=O)C(C)C)CC1.[HH].[HH]. The minimum Gasteiger partial charge on any atom is -0.377 e. The number of ether oxygens (including phenoxy) is 2. The van der Waals surface area contributed by atoms with E-state index in [2.05, 4.69) is 10.6 Å². The summed E-state index contributed by atoms with van der Waals surface area (Å²) in [4.78, 5) is 34.9. The molecule has 0 aromatic heterocycles. The van der Waals surface area contributed by atoms with Crippen molar-refractivity contribution < 1.29 is 26.7 Å². The van der Waals surface area contributed by atoms with E-state index in [0.29, 0.717) is 38.6 Å². The molecule has 2 N–H and O–H groups in total. The molecule has 0 bridgehead atoms. The lowest BCUT2D eigenvalue weighted by Gasteiger charge is -2.28. The molecule has 154 valence electrons. The maximum Gasteiger partial charge on any atom is 0.246 e. The van der Waals surface area contributed by atoms with Gasteiger partial charge in [0.1, 0.15) is 12.4 Å². The van der Waals surface area contributed by atoms with E-state index < -0.39 is 0 Å². The van der Waals surface area contributed by atoms with E-state index in [-0.39, 0.29) is 39.2 Å². The number of hydrogen-bond donors (Lipinski definition) is 2. The minimum absolute atomic E-state index is 0. The number of rotatable bonds is 12. The van der Waals surface area contributed by atoms with Crippen LogP contribution in [0, 0.1) is 11.8 Å². The zero-order valence-corrected chi connectivity index (χ0v) is 16.3. The lowest BCUT2D eigenvalue weighted by atomic mass is 9.83. The van der Waals surface area contributed by atoms with Crippen molar-refractivity contribution in [3.8, 4) is 0 Å². The standard InChI is InChI=1S/C19H34N2O5.2H2/c1-4-17(22)15-5-7-16(8-6-15)21-18(23)13-26-12-11-25-10-9-20-19(24)14(2)3;;/h14-16H,4-13H2,1-3H3,(H,20,24)(H,21,23);2*1H. The molecule has 0 heterocycles. The smallest absolute Gasteiger partial charge is 0.246 e. The maximum atomic E-state index is 11.9. The Kier molecular flexibility index (Phi) is 11.1. The Labute approximate surface area is 159 Å². The fraction of sp³-hybridized carbons (Fsp3) is 0.842. The predicted octanol–water partition coefficient (Wildman–Crippen LogP) is 1.94. The zero-order chi connectivity index (χ0) is 19.4. The third-order valence-corrected chi connectivity index (χ3v) is 4.57. The average Bonchev–Trinajstić information content (AvgIpc) is 2.63. The molecule has 2 amide bonds. The first kappa shape index (κ1) is 22.6. The van der Waals surface area contributed by atoms with Gasteiger partial charge in [-0.3, -0.25) is 14.4 Å². The third kappa shape index (κ3) is 9.29. The zero-order valence-electron chi connectivity index (χ0n) is 16.3. The Hall–Kier alpha value is -1.47. The van der Waals surface area contributed by atoms with Gasteiger partial charge in [-0.05, 0) is 25.7 Å². The van der Waals surface area contributed by atoms with Gasteiger partial charge in [0, 0.05) is 33.7 Å². The highest BCUT2D eigenvalue weighted by Crippen LogP contribution is 2.25. The Morgan fingerprint density at radius 3 is 2.31 bits per heavy atom. The Balaban J connectivity index is 0. The summed E-state index contributed by atoms with van der Waals surface area (Å²) in [5.74, 6) is 0.363. The van der Waals surface area contributed by atoms with Gasteiger partial charge in [-0.15, -0.1) is 0 Å². The molecule has 1 saturated carbocycles. The molecule has 0 atom stereocenters. The largest absolute Gasteiger partial charge is 0.377 e. The second kappa shape index (κ2) is 12.8. The lowest BCUT2D eigenvalue weighted by Crippen LogP contribution is -2.40. The van der Waals surface area contributed by atoms with E-state index in [4.69, 9.17) is 9.47 Å². The van der Waals surface area contributed by atoms with Crippen LogP contribution in [0.1, 0.15) is 55.7 Å². The summed E-state index contributed by atoms with van der Waals surface area (Å²) in [5, 5.41) is 5.73. The van der Waals surface area contributed by atoms with Gasteiger partial charge in [-0.1, -0.05) is 20.8 Å². The fourth-order valence-corrected chi connectivity index (χ4v) is 2.95. The van der Waals surface area contributed by atoms with Gasteiger partial charge in [0.2, 0.25) is 11.8 Å². The van der Waals surface area contributed by atoms with Crippen molar-refractivity contribution >= 4 is 17.6 Å². The molecule has 1 fully saturated rings. The third-order valence-electron chi connectivity index (χ3n) is 4.57. The topological polar surface area (TPSA) is 93.7 Å². The van der Waals surface area contributed by atoms with Crippen molar-refractivity contribution in [2.75, 3.05) is 33.0 Å². The first-order valence-corrected chi connectivity index (χ1v) is 9.69. The number of carbonyl (C=O) groups is 3. The van der Waals surface area contributed by atoms with Crippen LogP contribution in [-0.4, -0.2) is 56.6 Å². The van der Waals surface area contributed by atoms with E-state index in [1.165, 1.54) is 0 Å². The predicted molar refractivity (Wildman–Crippen MR) is 103 cm³/mol. The van der Waals surface area contributed by atoms with E-state index in [1.54, 1.807) is 0 Å². The number of hydrogen-bond acceptors (Lipinski definition) is 5. The normalized spacial score (nSPS) is 20.0.